The fourth-order valence-corrected chi connectivity index (χ4v) is 1.10. The zero-order chi connectivity index (χ0) is 9.94. The van der Waals surface area contributed by atoms with Gasteiger partial charge in [-0.1, -0.05) is 19.1 Å². The molecule has 0 unspecified atom stereocenters. The molecule has 0 rings (SSSR count). The van der Waals surface area contributed by atoms with E-state index >= 15 is 0 Å². The fourth-order valence-electron chi connectivity index (χ4n) is 1.10. The van der Waals surface area contributed by atoms with Crippen molar-refractivity contribution >= 4 is 0 Å². The van der Waals surface area contributed by atoms with Crippen molar-refractivity contribution < 1.29 is 9.47 Å². The number of ether oxygens (including phenoxy) is 2. The quantitative estimate of drug-likeness (QED) is 0.428. The summed E-state index contributed by atoms with van der Waals surface area (Å²) in [5.74, 6) is 0. The van der Waals surface area contributed by atoms with Crippen LogP contribution in [0.15, 0.2) is 12.2 Å². The molecule has 0 bridgehead atoms. The van der Waals surface area contributed by atoms with Crippen molar-refractivity contribution in [3.63, 3.8) is 0 Å². The second-order valence-electron chi connectivity index (χ2n) is 2.80. The molecule has 0 saturated heterocycles. The third-order valence-electron chi connectivity index (χ3n) is 1.68. The first-order valence-corrected chi connectivity index (χ1v) is 5.23. The monoisotopic (exact) mass is 186 g/mol. The summed E-state index contributed by atoms with van der Waals surface area (Å²) in [7, 11) is 0. The van der Waals surface area contributed by atoms with Crippen molar-refractivity contribution in [2.45, 2.75) is 46.3 Å². The van der Waals surface area contributed by atoms with Gasteiger partial charge in [0.1, 0.15) is 0 Å². The second kappa shape index (κ2) is 9.75. The lowest BCUT2D eigenvalue weighted by Crippen LogP contribution is -2.16. The lowest BCUT2D eigenvalue weighted by Gasteiger charge is -2.15. The number of rotatable bonds is 8. The Morgan fingerprint density at radius 3 is 2.08 bits per heavy atom. The molecule has 0 aromatic heterocycles. The van der Waals surface area contributed by atoms with Gasteiger partial charge in [0.05, 0.1) is 0 Å². The molecule has 0 atom stereocenters. The first-order chi connectivity index (χ1) is 6.35. The van der Waals surface area contributed by atoms with E-state index in [0.717, 1.165) is 32.5 Å². The van der Waals surface area contributed by atoms with Crippen LogP contribution in [-0.2, 0) is 9.47 Å². The summed E-state index contributed by atoms with van der Waals surface area (Å²) >= 11 is 0. The van der Waals surface area contributed by atoms with Crippen LogP contribution < -0.4 is 0 Å². The molecule has 2 heteroatoms. The minimum absolute atomic E-state index is 0.0171. The maximum absolute atomic E-state index is 5.41. The average Bonchev–Trinajstić information content (AvgIpc) is 2.13. The zero-order valence-corrected chi connectivity index (χ0v) is 9.08. The molecular formula is C11H22O2. The second-order valence-corrected chi connectivity index (χ2v) is 2.80. The van der Waals surface area contributed by atoms with Gasteiger partial charge in [0.15, 0.2) is 6.29 Å². The molecule has 0 aromatic rings. The van der Waals surface area contributed by atoms with E-state index in [1.54, 1.807) is 0 Å². The van der Waals surface area contributed by atoms with Crippen LogP contribution in [0.2, 0.25) is 0 Å². The zero-order valence-electron chi connectivity index (χ0n) is 9.08. The van der Waals surface area contributed by atoms with Crippen molar-refractivity contribution in [1.29, 1.82) is 0 Å². The normalized spacial score (nSPS) is 11.7. The Bertz CT molecular complexity index is 115. The number of hydrogen-bond acceptors (Lipinski definition) is 2. The van der Waals surface area contributed by atoms with Gasteiger partial charge in [-0.25, -0.2) is 0 Å². The molecular weight excluding hydrogens is 164 g/mol. The number of hydrogen-bond donors (Lipinski definition) is 0. The Balaban J connectivity index is 3.49. The van der Waals surface area contributed by atoms with E-state index in [4.69, 9.17) is 9.47 Å². The molecule has 0 aliphatic heterocycles. The Kier molecular flexibility index (Phi) is 9.49. The van der Waals surface area contributed by atoms with Gasteiger partial charge < -0.3 is 9.47 Å². The predicted octanol–water partition coefficient (Wildman–Crippen LogP) is 3.13. The average molecular weight is 186 g/mol. The Morgan fingerprint density at radius 2 is 1.62 bits per heavy atom. The SMILES string of the molecule is CC/C=C/CCC(OCC)OCC. The summed E-state index contributed by atoms with van der Waals surface area (Å²) in [5.41, 5.74) is 0. The van der Waals surface area contributed by atoms with Crippen LogP contribution in [-0.4, -0.2) is 19.5 Å². The third-order valence-corrected chi connectivity index (χ3v) is 1.68. The summed E-state index contributed by atoms with van der Waals surface area (Å²) in [5, 5.41) is 0. The summed E-state index contributed by atoms with van der Waals surface area (Å²) < 4.78 is 10.8. The van der Waals surface area contributed by atoms with Gasteiger partial charge in [-0.05, 0) is 26.7 Å². The smallest absolute Gasteiger partial charge is 0.157 e. The first kappa shape index (κ1) is 12.7. The topological polar surface area (TPSA) is 18.5 Å². The predicted molar refractivity (Wildman–Crippen MR) is 55.7 cm³/mol. The highest BCUT2D eigenvalue weighted by Crippen LogP contribution is 2.05. The molecule has 13 heavy (non-hydrogen) atoms. The van der Waals surface area contributed by atoms with E-state index in [9.17, 15) is 0 Å². The van der Waals surface area contributed by atoms with Crippen molar-refractivity contribution in [3.8, 4) is 0 Å². The molecule has 0 amide bonds. The van der Waals surface area contributed by atoms with Gasteiger partial charge in [0, 0.05) is 19.6 Å². The van der Waals surface area contributed by atoms with Gasteiger partial charge in [-0.15, -0.1) is 0 Å². The van der Waals surface area contributed by atoms with Crippen molar-refractivity contribution in [2.24, 2.45) is 0 Å². The third kappa shape index (κ3) is 8.00. The van der Waals surface area contributed by atoms with E-state index in [2.05, 4.69) is 19.1 Å². The maximum Gasteiger partial charge on any atom is 0.157 e. The van der Waals surface area contributed by atoms with E-state index in [-0.39, 0.29) is 6.29 Å². The van der Waals surface area contributed by atoms with Crippen LogP contribution in [0.4, 0.5) is 0 Å². The standard InChI is InChI=1S/C11H22O2/c1-4-7-8-9-10-11(12-5-2)13-6-3/h7-8,11H,4-6,9-10H2,1-3H3/b8-7+. The van der Waals surface area contributed by atoms with Crippen LogP contribution in [0.25, 0.3) is 0 Å². The molecule has 0 saturated carbocycles. The van der Waals surface area contributed by atoms with E-state index < -0.39 is 0 Å². The largest absolute Gasteiger partial charge is 0.353 e. The molecule has 0 aromatic carbocycles. The Labute approximate surface area is 81.9 Å². The molecule has 0 spiro atoms. The fraction of sp³-hybridized carbons (Fsp3) is 0.818. The molecule has 0 N–H and O–H groups in total. The lowest BCUT2D eigenvalue weighted by molar-refractivity contribution is -0.138. The molecule has 0 radical (unpaired) electrons. The maximum atomic E-state index is 5.41. The van der Waals surface area contributed by atoms with E-state index in [1.807, 2.05) is 13.8 Å². The molecule has 0 aliphatic carbocycles. The van der Waals surface area contributed by atoms with E-state index in [0.29, 0.717) is 0 Å². The summed E-state index contributed by atoms with van der Waals surface area (Å²) in [6.45, 7) is 7.57. The summed E-state index contributed by atoms with van der Waals surface area (Å²) in [6.07, 6.45) is 7.45. The van der Waals surface area contributed by atoms with Gasteiger partial charge in [0.2, 0.25) is 0 Å². The van der Waals surface area contributed by atoms with Gasteiger partial charge in [-0.3, -0.25) is 0 Å². The Morgan fingerprint density at radius 1 is 1.00 bits per heavy atom. The van der Waals surface area contributed by atoms with Crippen molar-refractivity contribution in [3.05, 3.63) is 12.2 Å². The highest BCUT2D eigenvalue weighted by molar-refractivity contribution is 4.80. The van der Waals surface area contributed by atoms with E-state index in [1.165, 1.54) is 0 Å². The molecule has 0 aliphatic rings. The summed E-state index contributed by atoms with van der Waals surface area (Å²) in [4.78, 5) is 0. The minimum Gasteiger partial charge on any atom is -0.353 e. The number of allylic oxidation sites excluding steroid dienone is 2. The molecule has 2 nitrogen and oxygen atoms in total. The Hall–Kier alpha value is -0.340. The minimum atomic E-state index is -0.0171. The highest BCUT2D eigenvalue weighted by atomic mass is 16.7. The van der Waals surface area contributed by atoms with Crippen LogP contribution >= 0.6 is 0 Å². The van der Waals surface area contributed by atoms with Crippen LogP contribution in [0.5, 0.6) is 0 Å². The van der Waals surface area contributed by atoms with Gasteiger partial charge in [-0.2, -0.15) is 0 Å². The van der Waals surface area contributed by atoms with Crippen molar-refractivity contribution in [2.75, 3.05) is 13.2 Å². The van der Waals surface area contributed by atoms with Gasteiger partial charge in [0.25, 0.3) is 0 Å². The summed E-state index contributed by atoms with van der Waals surface area (Å²) in [6, 6.07) is 0. The van der Waals surface area contributed by atoms with Crippen molar-refractivity contribution in [1.82, 2.24) is 0 Å². The molecule has 78 valence electrons. The van der Waals surface area contributed by atoms with Crippen LogP contribution in [0.3, 0.4) is 0 Å². The molecule has 0 heterocycles. The van der Waals surface area contributed by atoms with Crippen LogP contribution in [0.1, 0.15) is 40.0 Å². The molecule has 0 fully saturated rings. The van der Waals surface area contributed by atoms with Gasteiger partial charge >= 0.3 is 0 Å². The van der Waals surface area contributed by atoms with Crippen LogP contribution in [0, 0.1) is 0 Å². The lowest BCUT2D eigenvalue weighted by atomic mass is 10.2. The first-order valence-electron chi connectivity index (χ1n) is 5.23. The highest BCUT2D eigenvalue weighted by Gasteiger charge is 2.05.